The van der Waals surface area contributed by atoms with Gasteiger partial charge in [-0.1, -0.05) is 6.42 Å². The number of aromatic nitrogens is 1. The van der Waals surface area contributed by atoms with Crippen LogP contribution in [0.4, 0.5) is 0 Å². The van der Waals surface area contributed by atoms with Gasteiger partial charge in [0.15, 0.2) is 0 Å². The second-order valence-electron chi connectivity index (χ2n) is 4.98. The normalized spacial score (nSPS) is 22.4. The lowest BCUT2D eigenvalue weighted by molar-refractivity contribution is 0.0649. The van der Waals surface area contributed by atoms with Crippen molar-refractivity contribution in [1.82, 2.24) is 9.88 Å². The molecular formula is C14H21N3O2. The Balaban J connectivity index is 2.22. The molecule has 3 N–H and O–H groups in total. The molecular weight excluding hydrogens is 242 g/mol. The molecule has 0 aromatic carbocycles. The van der Waals surface area contributed by atoms with Crippen LogP contribution in [0.25, 0.3) is 0 Å². The molecule has 2 atom stereocenters. The number of nitrogens with two attached hydrogens (primary N) is 1. The van der Waals surface area contributed by atoms with Crippen LogP contribution in [0, 0.1) is 5.92 Å². The van der Waals surface area contributed by atoms with Crippen LogP contribution in [-0.4, -0.2) is 40.0 Å². The van der Waals surface area contributed by atoms with Gasteiger partial charge in [-0.25, -0.2) is 0 Å². The maximum atomic E-state index is 12.5. The van der Waals surface area contributed by atoms with Crippen LogP contribution < -0.4 is 5.73 Å². The molecule has 1 aliphatic carbocycles. The fraction of sp³-hybridized carbons (Fsp3) is 0.571. The highest BCUT2D eigenvalue weighted by molar-refractivity contribution is 5.96. The van der Waals surface area contributed by atoms with Crippen molar-refractivity contribution < 1.29 is 9.90 Å². The van der Waals surface area contributed by atoms with Crippen molar-refractivity contribution in [2.75, 3.05) is 13.1 Å². The van der Waals surface area contributed by atoms with Crippen molar-refractivity contribution in [2.24, 2.45) is 11.7 Å². The zero-order valence-corrected chi connectivity index (χ0v) is 11.2. The van der Waals surface area contributed by atoms with E-state index in [0.717, 1.165) is 19.3 Å². The van der Waals surface area contributed by atoms with Gasteiger partial charge < -0.3 is 15.7 Å². The van der Waals surface area contributed by atoms with E-state index in [1.54, 1.807) is 6.07 Å². The molecule has 1 fully saturated rings. The Kier molecular flexibility index (Phi) is 4.37. The van der Waals surface area contributed by atoms with Crippen molar-refractivity contribution >= 4 is 5.91 Å². The summed E-state index contributed by atoms with van der Waals surface area (Å²) in [5.74, 6) is 0.175. The van der Waals surface area contributed by atoms with Gasteiger partial charge in [0.2, 0.25) is 0 Å². The fourth-order valence-corrected chi connectivity index (χ4v) is 2.95. The van der Waals surface area contributed by atoms with E-state index in [4.69, 9.17) is 5.73 Å². The molecule has 1 aliphatic rings. The van der Waals surface area contributed by atoms with E-state index in [-0.39, 0.29) is 17.7 Å². The number of carbonyl (C=O) groups is 1. The predicted molar refractivity (Wildman–Crippen MR) is 72.8 cm³/mol. The molecule has 1 saturated carbocycles. The van der Waals surface area contributed by atoms with Gasteiger partial charge in [0, 0.05) is 18.8 Å². The maximum Gasteiger partial charge on any atom is 0.257 e. The molecule has 1 heterocycles. The number of hydrogen-bond donors (Lipinski definition) is 2. The highest BCUT2D eigenvalue weighted by Crippen LogP contribution is 2.31. The molecule has 0 aliphatic heterocycles. The minimum absolute atomic E-state index is 0.0618. The number of pyridine rings is 1. The summed E-state index contributed by atoms with van der Waals surface area (Å²) < 4.78 is 0. The average molecular weight is 263 g/mol. The summed E-state index contributed by atoms with van der Waals surface area (Å²) in [7, 11) is 0. The molecule has 5 nitrogen and oxygen atoms in total. The van der Waals surface area contributed by atoms with Crippen molar-refractivity contribution in [3.8, 4) is 5.75 Å². The molecule has 5 heteroatoms. The molecule has 2 unspecified atom stereocenters. The second kappa shape index (κ2) is 6.02. The zero-order valence-electron chi connectivity index (χ0n) is 11.2. The molecule has 19 heavy (non-hydrogen) atoms. The first-order valence-corrected chi connectivity index (χ1v) is 6.83. The first-order valence-electron chi connectivity index (χ1n) is 6.83. The Morgan fingerprint density at radius 2 is 2.37 bits per heavy atom. The molecule has 0 saturated heterocycles. The fourth-order valence-electron chi connectivity index (χ4n) is 2.95. The summed E-state index contributed by atoms with van der Waals surface area (Å²) in [6.45, 7) is 3.20. The molecule has 1 amide bonds. The van der Waals surface area contributed by atoms with E-state index in [2.05, 4.69) is 4.98 Å². The van der Waals surface area contributed by atoms with Crippen molar-refractivity contribution in [3.05, 3.63) is 24.0 Å². The smallest absolute Gasteiger partial charge is 0.257 e. The lowest BCUT2D eigenvalue weighted by Gasteiger charge is -2.32. The van der Waals surface area contributed by atoms with Gasteiger partial charge in [-0.15, -0.1) is 0 Å². The molecule has 1 aromatic rings. The first-order chi connectivity index (χ1) is 9.19. The third kappa shape index (κ3) is 2.71. The summed E-state index contributed by atoms with van der Waals surface area (Å²) in [5, 5.41) is 9.76. The Hall–Kier alpha value is -1.62. The van der Waals surface area contributed by atoms with Gasteiger partial charge in [0.1, 0.15) is 5.75 Å². The summed E-state index contributed by atoms with van der Waals surface area (Å²) in [5.41, 5.74) is 6.11. The monoisotopic (exact) mass is 263 g/mol. The molecule has 104 valence electrons. The molecule has 2 rings (SSSR count). The van der Waals surface area contributed by atoms with E-state index in [0.29, 0.717) is 24.6 Å². The number of carbonyl (C=O) groups excluding carboxylic acids is 1. The lowest BCUT2D eigenvalue weighted by atomic mass is 10.0. The van der Waals surface area contributed by atoms with Crippen molar-refractivity contribution in [2.45, 2.75) is 32.2 Å². The Bertz CT molecular complexity index is 450. The Morgan fingerprint density at radius 3 is 3.00 bits per heavy atom. The number of rotatable bonds is 4. The van der Waals surface area contributed by atoms with Crippen LogP contribution in [0.2, 0.25) is 0 Å². The number of hydrogen-bond acceptors (Lipinski definition) is 4. The summed E-state index contributed by atoms with van der Waals surface area (Å²) in [4.78, 5) is 18.2. The van der Waals surface area contributed by atoms with E-state index >= 15 is 0 Å². The minimum atomic E-state index is -0.132. The number of amides is 1. The van der Waals surface area contributed by atoms with Crippen LogP contribution in [0.1, 0.15) is 36.5 Å². The summed E-state index contributed by atoms with van der Waals surface area (Å²) >= 11 is 0. The maximum absolute atomic E-state index is 12.5. The third-order valence-electron chi connectivity index (χ3n) is 3.95. The van der Waals surface area contributed by atoms with Crippen LogP contribution >= 0.6 is 0 Å². The van der Waals surface area contributed by atoms with Crippen molar-refractivity contribution in [1.29, 1.82) is 0 Å². The van der Waals surface area contributed by atoms with E-state index in [1.165, 1.54) is 12.4 Å². The summed E-state index contributed by atoms with van der Waals surface area (Å²) in [6.07, 6.45) is 6.01. The van der Waals surface area contributed by atoms with Crippen LogP contribution in [0.15, 0.2) is 18.5 Å². The molecule has 1 aromatic heterocycles. The van der Waals surface area contributed by atoms with Gasteiger partial charge in [-0.2, -0.15) is 0 Å². The summed E-state index contributed by atoms with van der Waals surface area (Å²) in [6, 6.07) is 1.75. The highest BCUT2D eigenvalue weighted by Gasteiger charge is 2.34. The largest absolute Gasteiger partial charge is 0.505 e. The Labute approximate surface area is 113 Å². The van der Waals surface area contributed by atoms with Gasteiger partial charge in [0.05, 0.1) is 11.8 Å². The third-order valence-corrected chi connectivity index (χ3v) is 3.95. The lowest BCUT2D eigenvalue weighted by Crippen LogP contribution is -2.44. The quantitative estimate of drug-likeness (QED) is 0.860. The number of aromatic hydroxyl groups is 1. The van der Waals surface area contributed by atoms with Crippen LogP contribution in [0.5, 0.6) is 5.75 Å². The number of nitrogens with zero attached hydrogens (tertiary/aromatic N) is 2. The zero-order chi connectivity index (χ0) is 13.8. The second-order valence-corrected chi connectivity index (χ2v) is 4.98. The van der Waals surface area contributed by atoms with Gasteiger partial charge in [0.25, 0.3) is 5.91 Å². The standard InChI is InChI=1S/C14H21N3O2/c1-2-17(12-5-3-4-10(12)8-15)14(19)11-6-7-16-9-13(11)18/h6-7,9-10,12,18H,2-5,8,15H2,1H3. The molecule has 0 bridgehead atoms. The molecule has 0 radical (unpaired) electrons. The topological polar surface area (TPSA) is 79.5 Å². The highest BCUT2D eigenvalue weighted by atomic mass is 16.3. The average Bonchev–Trinajstić information content (AvgIpc) is 2.88. The van der Waals surface area contributed by atoms with Crippen LogP contribution in [0.3, 0.4) is 0 Å². The van der Waals surface area contributed by atoms with E-state index in [9.17, 15) is 9.90 Å². The first kappa shape index (κ1) is 13.8. The van der Waals surface area contributed by atoms with Crippen molar-refractivity contribution in [3.63, 3.8) is 0 Å². The van der Waals surface area contributed by atoms with E-state index in [1.807, 2.05) is 11.8 Å². The minimum Gasteiger partial charge on any atom is -0.505 e. The van der Waals surface area contributed by atoms with Gasteiger partial charge in [-0.05, 0) is 38.3 Å². The SMILES string of the molecule is CCN(C(=O)c1ccncc1O)C1CCCC1CN. The Morgan fingerprint density at radius 1 is 1.58 bits per heavy atom. The van der Waals surface area contributed by atoms with Crippen LogP contribution in [-0.2, 0) is 0 Å². The van der Waals surface area contributed by atoms with E-state index < -0.39 is 0 Å². The van der Waals surface area contributed by atoms with Gasteiger partial charge >= 0.3 is 0 Å². The molecule has 0 spiro atoms. The van der Waals surface area contributed by atoms with Gasteiger partial charge in [-0.3, -0.25) is 9.78 Å². The predicted octanol–water partition coefficient (Wildman–Crippen LogP) is 1.38.